The monoisotopic (exact) mass is 757 g/mol. The van der Waals surface area contributed by atoms with Gasteiger partial charge < -0.3 is 14.5 Å². The lowest BCUT2D eigenvalue weighted by Crippen LogP contribution is -2.47. The predicted octanol–water partition coefficient (Wildman–Crippen LogP) is 11.8. The molecule has 5 heteroatoms. The molecule has 2 aliphatic heterocycles. The number of anilines is 3. The molecular formula is C53H47N3O2. The average Bonchev–Trinajstić information content (AvgIpc) is 3.72. The normalized spacial score (nSPS) is 14.9. The minimum absolute atomic E-state index is 0.0319. The van der Waals surface area contributed by atoms with Gasteiger partial charge in [0.05, 0.1) is 5.41 Å². The maximum Gasteiger partial charge on any atom is 0.260 e. The van der Waals surface area contributed by atoms with Gasteiger partial charge in [-0.15, -0.1) is 0 Å². The molecule has 7 aromatic carbocycles. The lowest BCUT2D eigenvalue weighted by molar-refractivity contribution is 0.0985. The summed E-state index contributed by atoms with van der Waals surface area (Å²) in [6.07, 6.45) is 0. The molecule has 1 amide bonds. The molecule has 286 valence electrons. The number of fused-ring (bicyclic) bond motifs is 9. The fraction of sp³-hybridized carbons (Fsp3) is 0.189. The van der Waals surface area contributed by atoms with Crippen LogP contribution in [0.4, 0.5) is 17.1 Å². The van der Waals surface area contributed by atoms with Gasteiger partial charge in [-0.2, -0.15) is 0 Å². The maximum absolute atomic E-state index is 15.5. The Hall–Kier alpha value is -6.59. The minimum atomic E-state index is -1.01. The van der Waals surface area contributed by atoms with Crippen LogP contribution in [0.25, 0.3) is 11.1 Å². The molecule has 1 spiro atoms. The van der Waals surface area contributed by atoms with E-state index in [1.807, 2.05) is 12.1 Å². The standard InChI is InChI=1S/C53H47N3O2/c1-5-54(6-2)38-28-31-46-49(34-38)58-50-35-39(55(7-3)8-4)29-32-47(50)53(46)45-26-18-16-24-43(45)51(57)56(53)40-27-30-42-41-23-15-17-25-44(41)52(48(42)33-40,36-19-11-9-12-20-36)37-21-13-10-14-22-37/h9-35H,5-8H2,1-4H3. The van der Waals surface area contributed by atoms with Crippen LogP contribution in [0.5, 0.6) is 11.5 Å². The van der Waals surface area contributed by atoms with Crippen LogP contribution in [0.1, 0.15) is 77.0 Å². The highest BCUT2D eigenvalue weighted by Crippen LogP contribution is 2.61. The number of benzene rings is 7. The van der Waals surface area contributed by atoms with Crippen LogP contribution in [0, 0.1) is 0 Å². The maximum atomic E-state index is 15.5. The third-order valence-corrected chi connectivity index (χ3v) is 13.0. The summed E-state index contributed by atoms with van der Waals surface area (Å²) in [5, 5.41) is 0. The summed E-state index contributed by atoms with van der Waals surface area (Å²) in [6, 6.07) is 58.5. The van der Waals surface area contributed by atoms with Crippen molar-refractivity contribution in [2.75, 3.05) is 40.9 Å². The van der Waals surface area contributed by atoms with E-state index in [4.69, 9.17) is 4.74 Å². The Kier molecular flexibility index (Phi) is 8.52. The van der Waals surface area contributed by atoms with Crippen molar-refractivity contribution < 1.29 is 9.53 Å². The molecule has 10 rings (SSSR count). The molecule has 7 aromatic rings. The van der Waals surface area contributed by atoms with E-state index in [2.05, 4.69) is 194 Å². The van der Waals surface area contributed by atoms with E-state index < -0.39 is 11.0 Å². The molecule has 0 fully saturated rings. The Morgan fingerprint density at radius 3 is 1.50 bits per heavy atom. The van der Waals surface area contributed by atoms with E-state index in [0.29, 0.717) is 5.56 Å². The number of rotatable bonds is 9. The zero-order valence-corrected chi connectivity index (χ0v) is 33.6. The average molecular weight is 758 g/mol. The fourth-order valence-electron chi connectivity index (χ4n) is 10.4. The lowest BCUT2D eigenvalue weighted by atomic mass is 9.67. The summed E-state index contributed by atoms with van der Waals surface area (Å²) in [4.78, 5) is 22.3. The highest BCUT2D eigenvalue weighted by Gasteiger charge is 2.57. The minimum Gasteiger partial charge on any atom is -0.456 e. The van der Waals surface area contributed by atoms with Gasteiger partial charge in [0.2, 0.25) is 0 Å². The predicted molar refractivity (Wildman–Crippen MR) is 237 cm³/mol. The third kappa shape index (κ3) is 4.86. The van der Waals surface area contributed by atoms with Gasteiger partial charge in [-0.25, -0.2) is 0 Å². The van der Waals surface area contributed by atoms with Crippen molar-refractivity contribution in [2.45, 2.75) is 38.6 Å². The first-order valence-electron chi connectivity index (χ1n) is 20.8. The molecule has 0 saturated heterocycles. The Labute approximate surface area is 341 Å². The van der Waals surface area contributed by atoms with Gasteiger partial charge in [0.15, 0.2) is 0 Å². The van der Waals surface area contributed by atoms with E-state index in [1.165, 1.54) is 27.8 Å². The second-order valence-corrected chi connectivity index (χ2v) is 15.5. The topological polar surface area (TPSA) is 36.0 Å². The molecule has 2 heterocycles. The van der Waals surface area contributed by atoms with E-state index in [-0.39, 0.29) is 5.91 Å². The molecule has 5 nitrogen and oxygen atoms in total. The van der Waals surface area contributed by atoms with E-state index >= 15 is 4.79 Å². The van der Waals surface area contributed by atoms with Gasteiger partial charge in [-0.1, -0.05) is 121 Å². The first-order chi connectivity index (χ1) is 28.5. The van der Waals surface area contributed by atoms with Crippen LogP contribution in [0.15, 0.2) is 164 Å². The molecule has 0 atom stereocenters. The fourth-order valence-corrected chi connectivity index (χ4v) is 10.4. The number of carbonyl (C=O) groups excluding carboxylic acids is 1. The first-order valence-corrected chi connectivity index (χ1v) is 20.8. The van der Waals surface area contributed by atoms with E-state index in [9.17, 15) is 0 Å². The number of hydrogen-bond donors (Lipinski definition) is 0. The van der Waals surface area contributed by atoms with Crippen molar-refractivity contribution in [1.29, 1.82) is 0 Å². The van der Waals surface area contributed by atoms with E-state index in [0.717, 1.165) is 77.0 Å². The van der Waals surface area contributed by atoms with Gasteiger partial charge in [0.1, 0.15) is 17.0 Å². The zero-order chi connectivity index (χ0) is 39.6. The summed E-state index contributed by atoms with van der Waals surface area (Å²) >= 11 is 0. The molecule has 3 aliphatic rings. The van der Waals surface area contributed by atoms with Crippen molar-refractivity contribution in [3.8, 4) is 22.6 Å². The summed E-state index contributed by atoms with van der Waals surface area (Å²) in [6.45, 7) is 12.2. The van der Waals surface area contributed by atoms with Crippen LogP contribution < -0.4 is 19.4 Å². The van der Waals surface area contributed by atoms with Crippen LogP contribution in [-0.4, -0.2) is 32.1 Å². The van der Waals surface area contributed by atoms with Crippen molar-refractivity contribution in [2.24, 2.45) is 0 Å². The van der Waals surface area contributed by atoms with Gasteiger partial charge >= 0.3 is 0 Å². The van der Waals surface area contributed by atoms with Gasteiger partial charge in [0, 0.05) is 77.6 Å². The molecular weight excluding hydrogens is 711 g/mol. The van der Waals surface area contributed by atoms with Crippen molar-refractivity contribution in [3.63, 3.8) is 0 Å². The number of hydrogen-bond acceptors (Lipinski definition) is 4. The van der Waals surface area contributed by atoms with Crippen molar-refractivity contribution in [3.05, 3.63) is 208 Å². The summed E-state index contributed by atoms with van der Waals surface area (Å²) in [5.74, 6) is 1.50. The van der Waals surface area contributed by atoms with Crippen LogP contribution >= 0.6 is 0 Å². The third-order valence-electron chi connectivity index (χ3n) is 13.0. The molecule has 0 bridgehead atoms. The molecule has 0 radical (unpaired) electrons. The van der Waals surface area contributed by atoms with Crippen LogP contribution in [-0.2, 0) is 11.0 Å². The molecule has 58 heavy (non-hydrogen) atoms. The molecule has 1 aliphatic carbocycles. The summed E-state index contributed by atoms with van der Waals surface area (Å²) in [5.41, 5.74) is 12.1. The van der Waals surface area contributed by atoms with Crippen LogP contribution in [0.3, 0.4) is 0 Å². The Morgan fingerprint density at radius 1 is 0.466 bits per heavy atom. The first kappa shape index (κ1) is 35.8. The molecule has 0 N–H and O–H groups in total. The number of amides is 1. The van der Waals surface area contributed by atoms with Gasteiger partial charge in [0.25, 0.3) is 5.91 Å². The quantitative estimate of drug-likeness (QED) is 0.147. The second-order valence-electron chi connectivity index (χ2n) is 15.5. The zero-order valence-electron chi connectivity index (χ0n) is 33.6. The largest absolute Gasteiger partial charge is 0.456 e. The second kappa shape index (κ2) is 13.8. The Morgan fingerprint density at radius 2 is 0.948 bits per heavy atom. The Bertz CT molecular complexity index is 2600. The van der Waals surface area contributed by atoms with Gasteiger partial charge in [-0.05, 0) is 91.4 Å². The number of nitrogens with zero attached hydrogens (tertiary/aromatic N) is 3. The molecule has 0 aromatic heterocycles. The van der Waals surface area contributed by atoms with E-state index in [1.54, 1.807) is 0 Å². The van der Waals surface area contributed by atoms with Crippen molar-refractivity contribution in [1.82, 2.24) is 0 Å². The molecule has 0 unspecified atom stereocenters. The van der Waals surface area contributed by atoms with Crippen molar-refractivity contribution >= 4 is 23.0 Å². The highest BCUT2D eigenvalue weighted by atomic mass is 16.5. The highest BCUT2D eigenvalue weighted by molar-refractivity contribution is 6.14. The number of ether oxygens (including phenoxy) is 1. The van der Waals surface area contributed by atoms with Crippen LogP contribution in [0.2, 0.25) is 0 Å². The SMILES string of the molecule is CCN(CC)c1ccc2c(c1)Oc1cc(N(CC)CC)ccc1C21c2ccccc2C(=O)N1c1ccc2c(c1)C(c1ccccc1)(c1ccccc1)c1ccccc1-2. The molecule has 0 saturated carbocycles. The summed E-state index contributed by atoms with van der Waals surface area (Å²) in [7, 11) is 0. The van der Waals surface area contributed by atoms with Gasteiger partial charge in [-0.3, -0.25) is 9.69 Å². The lowest BCUT2D eigenvalue weighted by Gasteiger charge is -2.45. The Balaban J connectivity index is 1.29. The summed E-state index contributed by atoms with van der Waals surface area (Å²) < 4.78 is 7.03. The smallest absolute Gasteiger partial charge is 0.260 e. The number of carbonyl (C=O) groups is 1.